The van der Waals surface area contributed by atoms with Crippen molar-refractivity contribution in [2.75, 3.05) is 7.11 Å². The largest absolute Gasteiger partial charge is 0.497 e. The van der Waals surface area contributed by atoms with Gasteiger partial charge >= 0.3 is 0 Å². The predicted molar refractivity (Wildman–Crippen MR) is 130 cm³/mol. The molecule has 0 saturated heterocycles. The number of rotatable bonds is 7. The number of hydrogen-bond acceptors (Lipinski definition) is 6. The first kappa shape index (κ1) is 23.7. The minimum atomic E-state index is -0.583. The molecule has 0 aliphatic carbocycles. The summed E-state index contributed by atoms with van der Waals surface area (Å²) in [6, 6.07) is 12.2. The summed E-state index contributed by atoms with van der Waals surface area (Å²) in [6.07, 6.45) is 1.98. The zero-order chi connectivity index (χ0) is 25.1. The summed E-state index contributed by atoms with van der Waals surface area (Å²) < 4.78 is 21.1. The third kappa shape index (κ3) is 4.93. The molecule has 8 nitrogen and oxygen atoms in total. The van der Waals surface area contributed by atoms with Crippen LogP contribution in [0.15, 0.2) is 59.5 Å². The molecule has 0 bridgehead atoms. The average molecular weight is 474 g/mol. The molecule has 0 atom stereocenters. The van der Waals surface area contributed by atoms with Crippen molar-refractivity contribution in [2.24, 2.45) is 0 Å². The SMILES string of the molecule is COc1cccc(-c2nc3cnc(-c4cc(C=O)ccc4F)cc3c(=O)n2CC(=O)NC(C)C)c1. The van der Waals surface area contributed by atoms with E-state index < -0.39 is 11.4 Å². The van der Waals surface area contributed by atoms with Crippen molar-refractivity contribution < 1.29 is 18.7 Å². The van der Waals surface area contributed by atoms with Gasteiger partial charge in [-0.2, -0.15) is 0 Å². The Morgan fingerprint density at radius 3 is 2.71 bits per heavy atom. The fourth-order valence-corrected chi connectivity index (χ4v) is 3.72. The number of aromatic nitrogens is 3. The number of benzene rings is 2. The van der Waals surface area contributed by atoms with E-state index in [4.69, 9.17) is 4.74 Å². The van der Waals surface area contributed by atoms with E-state index in [0.29, 0.717) is 17.6 Å². The molecular weight excluding hydrogens is 451 g/mol. The average Bonchev–Trinajstić information content (AvgIpc) is 2.85. The number of aldehydes is 1. The van der Waals surface area contributed by atoms with Crippen molar-refractivity contribution in [1.82, 2.24) is 19.9 Å². The number of carbonyl (C=O) groups is 2. The summed E-state index contributed by atoms with van der Waals surface area (Å²) in [5.41, 5.74) is 0.903. The lowest BCUT2D eigenvalue weighted by atomic mass is 10.1. The summed E-state index contributed by atoms with van der Waals surface area (Å²) in [6.45, 7) is 3.38. The standard InChI is InChI=1S/C26H23FN4O4/c1-15(2)29-24(33)13-31-25(17-5-4-6-18(10-17)35-3)30-23-12-28-22(11-20(23)26(31)34)19-9-16(14-32)7-8-21(19)27/h4-12,14-15H,13H2,1-3H3,(H,29,33). The Morgan fingerprint density at radius 1 is 1.20 bits per heavy atom. The highest BCUT2D eigenvalue weighted by Gasteiger charge is 2.18. The zero-order valence-electron chi connectivity index (χ0n) is 19.4. The number of amides is 1. The molecule has 2 heterocycles. The Morgan fingerprint density at radius 2 is 2.00 bits per heavy atom. The number of ether oxygens (including phenoxy) is 1. The normalized spacial score (nSPS) is 11.0. The van der Waals surface area contributed by atoms with Gasteiger partial charge in [-0.05, 0) is 50.2 Å². The third-order valence-electron chi connectivity index (χ3n) is 5.32. The number of pyridine rings is 1. The fourth-order valence-electron chi connectivity index (χ4n) is 3.72. The van der Waals surface area contributed by atoms with E-state index in [1.54, 1.807) is 24.3 Å². The lowest BCUT2D eigenvalue weighted by Gasteiger charge is -2.15. The number of hydrogen-bond donors (Lipinski definition) is 1. The molecule has 0 aliphatic heterocycles. The van der Waals surface area contributed by atoms with E-state index in [9.17, 15) is 18.8 Å². The van der Waals surface area contributed by atoms with Crippen LogP contribution < -0.4 is 15.6 Å². The van der Waals surface area contributed by atoms with Crippen LogP contribution >= 0.6 is 0 Å². The molecular formula is C26H23FN4O4. The number of fused-ring (bicyclic) bond motifs is 1. The Kier molecular flexibility index (Phi) is 6.68. The predicted octanol–water partition coefficient (Wildman–Crippen LogP) is 3.61. The number of halogens is 1. The van der Waals surface area contributed by atoms with E-state index in [1.807, 2.05) is 13.8 Å². The number of carbonyl (C=O) groups excluding carboxylic acids is 2. The molecule has 178 valence electrons. The monoisotopic (exact) mass is 474 g/mol. The molecule has 0 spiro atoms. The lowest BCUT2D eigenvalue weighted by Crippen LogP contribution is -2.37. The molecule has 35 heavy (non-hydrogen) atoms. The molecule has 0 radical (unpaired) electrons. The van der Waals surface area contributed by atoms with Crippen LogP contribution in [-0.4, -0.2) is 39.9 Å². The molecule has 0 saturated carbocycles. The van der Waals surface area contributed by atoms with Crippen LogP contribution in [0.3, 0.4) is 0 Å². The zero-order valence-corrected chi connectivity index (χ0v) is 19.4. The Balaban J connectivity index is 1.94. The highest BCUT2D eigenvalue weighted by Crippen LogP contribution is 2.26. The summed E-state index contributed by atoms with van der Waals surface area (Å²) in [5.74, 6) is -0.107. The van der Waals surface area contributed by atoms with Crippen molar-refractivity contribution in [3.63, 3.8) is 0 Å². The third-order valence-corrected chi connectivity index (χ3v) is 5.32. The summed E-state index contributed by atoms with van der Waals surface area (Å²) in [4.78, 5) is 46.3. The van der Waals surface area contributed by atoms with Gasteiger partial charge in [0.05, 0.1) is 29.9 Å². The van der Waals surface area contributed by atoms with Crippen LogP contribution in [0.2, 0.25) is 0 Å². The van der Waals surface area contributed by atoms with Gasteiger partial charge in [0.15, 0.2) is 0 Å². The Hall–Kier alpha value is -4.40. The maximum Gasteiger partial charge on any atom is 0.262 e. The summed E-state index contributed by atoms with van der Waals surface area (Å²) in [7, 11) is 1.53. The van der Waals surface area contributed by atoms with Crippen molar-refractivity contribution in [3.8, 4) is 28.4 Å². The molecule has 9 heteroatoms. The van der Waals surface area contributed by atoms with Crippen molar-refractivity contribution in [2.45, 2.75) is 26.4 Å². The minimum Gasteiger partial charge on any atom is -0.497 e. The fraction of sp³-hybridized carbons (Fsp3) is 0.192. The molecule has 0 unspecified atom stereocenters. The number of methoxy groups -OCH3 is 1. The minimum absolute atomic E-state index is 0.0804. The maximum atomic E-state index is 14.5. The maximum absolute atomic E-state index is 14.5. The van der Waals surface area contributed by atoms with E-state index in [1.165, 1.54) is 42.1 Å². The molecule has 2 aromatic carbocycles. The molecule has 0 aliphatic rings. The van der Waals surface area contributed by atoms with Gasteiger partial charge in [0.1, 0.15) is 30.2 Å². The Labute approximate surface area is 200 Å². The molecule has 1 amide bonds. The van der Waals surface area contributed by atoms with Crippen LogP contribution in [0.4, 0.5) is 4.39 Å². The van der Waals surface area contributed by atoms with Gasteiger partial charge in [0.2, 0.25) is 5.91 Å². The van der Waals surface area contributed by atoms with E-state index >= 15 is 0 Å². The van der Waals surface area contributed by atoms with Crippen molar-refractivity contribution in [1.29, 1.82) is 0 Å². The topological polar surface area (TPSA) is 103 Å². The van der Waals surface area contributed by atoms with Gasteiger partial charge in [-0.1, -0.05) is 12.1 Å². The Bertz CT molecular complexity index is 1500. The second kappa shape index (κ2) is 9.84. The van der Waals surface area contributed by atoms with Crippen LogP contribution in [0, 0.1) is 5.82 Å². The van der Waals surface area contributed by atoms with Gasteiger partial charge in [-0.3, -0.25) is 23.9 Å². The van der Waals surface area contributed by atoms with Gasteiger partial charge in [0, 0.05) is 22.7 Å². The van der Waals surface area contributed by atoms with Gasteiger partial charge in [0.25, 0.3) is 5.56 Å². The lowest BCUT2D eigenvalue weighted by molar-refractivity contribution is -0.122. The summed E-state index contributed by atoms with van der Waals surface area (Å²) in [5, 5.41) is 2.94. The number of nitrogens with zero attached hydrogens (tertiary/aromatic N) is 3. The van der Waals surface area contributed by atoms with Gasteiger partial charge < -0.3 is 10.1 Å². The van der Waals surface area contributed by atoms with E-state index in [2.05, 4.69) is 15.3 Å². The molecule has 1 N–H and O–H groups in total. The van der Waals surface area contributed by atoms with E-state index in [0.717, 1.165) is 0 Å². The van der Waals surface area contributed by atoms with Gasteiger partial charge in [-0.25, -0.2) is 9.37 Å². The second-order valence-corrected chi connectivity index (χ2v) is 8.22. The first-order chi connectivity index (χ1) is 16.8. The van der Waals surface area contributed by atoms with Crippen LogP contribution in [0.25, 0.3) is 33.5 Å². The smallest absolute Gasteiger partial charge is 0.262 e. The van der Waals surface area contributed by atoms with Crippen LogP contribution in [-0.2, 0) is 11.3 Å². The van der Waals surface area contributed by atoms with Crippen molar-refractivity contribution in [3.05, 3.63) is 76.5 Å². The first-order valence-electron chi connectivity index (χ1n) is 10.9. The van der Waals surface area contributed by atoms with Crippen LogP contribution in [0.5, 0.6) is 5.75 Å². The number of nitrogens with one attached hydrogen (secondary N) is 1. The molecule has 0 fully saturated rings. The summed E-state index contributed by atoms with van der Waals surface area (Å²) >= 11 is 0. The second-order valence-electron chi connectivity index (χ2n) is 8.22. The molecule has 2 aromatic heterocycles. The highest BCUT2D eigenvalue weighted by molar-refractivity contribution is 5.85. The van der Waals surface area contributed by atoms with Crippen molar-refractivity contribution >= 4 is 23.1 Å². The van der Waals surface area contributed by atoms with Gasteiger partial charge in [-0.15, -0.1) is 0 Å². The van der Waals surface area contributed by atoms with Crippen LogP contribution in [0.1, 0.15) is 24.2 Å². The van der Waals surface area contributed by atoms with E-state index in [-0.39, 0.29) is 52.0 Å². The molecule has 4 aromatic rings. The first-order valence-corrected chi connectivity index (χ1v) is 10.9. The quantitative estimate of drug-likeness (QED) is 0.411. The highest BCUT2D eigenvalue weighted by atomic mass is 19.1. The molecule has 4 rings (SSSR count).